The van der Waals surface area contributed by atoms with E-state index in [0.717, 1.165) is 22.6 Å². The highest BCUT2D eigenvalue weighted by atomic mass is 16.5. The number of rotatable bonds is 7. The Labute approximate surface area is 162 Å². The second-order valence-electron chi connectivity index (χ2n) is 7.91. The van der Waals surface area contributed by atoms with Crippen LogP contribution in [0.1, 0.15) is 44.4 Å². The van der Waals surface area contributed by atoms with Gasteiger partial charge >= 0.3 is 0 Å². The van der Waals surface area contributed by atoms with Crippen LogP contribution in [0.25, 0.3) is 0 Å². The monoisotopic (exact) mass is 369 g/mol. The van der Waals surface area contributed by atoms with Crippen molar-refractivity contribution in [3.63, 3.8) is 0 Å². The molecule has 4 nitrogen and oxygen atoms in total. The topological polar surface area (TPSA) is 47.6 Å². The van der Waals surface area contributed by atoms with E-state index in [-0.39, 0.29) is 11.3 Å². The average molecular weight is 370 g/mol. The lowest BCUT2D eigenvalue weighted by atomic mass is 9.86. The number of nitrogens with one attached hydrogen (secondary N) is 1. The molecule has 0 aliphatic rings. The van der Waals surface area contributed by atoms with Gasteiger partial charge < -0.3 is 14.8 Å². The van der Waals surface area contributed by atoms with Crippen LogP contribution >= 0.6 is 0 Å². The molecule has 0 aliphatic heterocycles. The van der Waals surface area contributed by atoms with Gasteiger partial charge in [-0.15, -0.1) is 0 Å². The van der Waals surface area contributed by atoms with Crippen molar-refractivity contribution in [1.29, 1.82) is 0 Å². The number of aryl methyl sites for hydroxylation is 2. The molecule has 0 bridgehead atoms. The maximum absolute atomic E-state index is 12.3. The first-order valence-corrected chi connectivity index (χ1v) is 9.42. The Morgan fingerprint density at radius 3 is 2.44 bits per heavy atom. The summed E-state index contributed by atoms with van der Waals surface area (Å²) >= 11 is 0. The molecule has 27 heavy (non-hydrogen) atoms. The van der Waals surface area contributed by atoms with Gasteiger partial charge in [-0.3, -0.25) is 4.79 Å². The highest BCUT2D eigenvalue weighted by Crippen LogP contribution is 2.30. The SMILES string of the molecule is Cc1ccc(OC(C)C(=O)NCCOc2ccccc2C(C)(C)C)c(C)c1. The Hall–Kier alpha value is -2.49. The molecule has 1 N–H and O–H groups in total. The number of ether oxygens (including phenoxy) is 2. The fourth-order valence-corrected chi connectivity index (χ4v) is 2.87. The summed E-state index contributed by atoms with van der Waals surface area (Å²) < 4.78 is 11.7. The van der Waals surface area contributed by atoms with Gasteiger partial charge in [0.05, 0.1) is 6.54 Å². The molecule has 1 atom stereocenters. The maximum atomic E-state index is 12.3. The largest absolute Gasteiger partial charge is 0.491 e. The molecule has 0 spiro atoms. The molecule has 0 saturated carbocycles. The molecule has 2 rings (SSSR count). The summed E-state index contributed by atoms with van der Waals surface area (Å²) in [5.74, 6) is 1.44. The van der Waals surface area contributed by atoms with Crippen LogP contribution in [0, 0.1) is 13.8 Å². The quantitative estimate of drug-likeness (QED) is 0.728. The van der Waals surface area contributed by atoms with Gasteiger partial charge in [0.25, 0.3) is 5.91 Å². The molecule has 4 heteroatoms. The number of hydrogen-bond donors (Lipinski definition) is 1. The molecular weight excluding hydrogens is 338 g/mol. The molecule has 0 aromatic heterocycles. The number of carbonyl (C=O) groups is 1. The highest BCUT2D eigenvalue weighted by Gasteiger charge is 2.19. The highest BCUT2D eigenvalue weighted by molar-refractivity contribution is 5.80. The Kier molecular flexibility index (Phi) is 6.89. The Morgan fingerprint density at radius 2 is 1.78 bits per heavy atom. The minimum atomic E-state index is -0.562. The normalized spacial score (nSPS) is 12.4. The minimum absolute atomic E-state index is 0.00803. The van der Waals surface area contributed by atoms with Crippen LogP contribution in [0.3, 0.4) is 0 Å². The van der Waals surface area contributed by atoms with E-state index in [0.29, 0.717) is 13.2 Å². The predicted octanol–water partition coefficient (Wildman–Crippen LogP) is 4.56. The summed E-state index contributed by atoms with van der Waals surface area (Å²) in [5, 5.41) is 2.87. The van der Waals surface area contributed by atoms with Crippen molar-refractivity contribution in [2.75, 3.05) is 13.2 Å². The molecule has 146 valence electrons. The van der Waals surface area contributed by atoms with Crippen molar-refractivity contribution in [2.45, 2.75) is 53.1 Å². The zero-order chi connectivity index (χ0) is 20.0. The lowest BCUT2D eigenvalue weighted by molar-refractivity contribution is -0.127. The first kappa shape index (κ1) is 20.8. The van der Waals surface area contributed by atoms with Crippen molar-refractivity contribution < 1.29 is 14.3 Å². The molecule has 0 heterocycles. The van der Waals surface area contributed by atoms with E-state index in [9.17, 15) is 4.79 Å². The van der Waals surface area contributed by atoms with Gasteiger partial charge in [0.2, 0.25) is 0 Å². The standard InChI is InChI=1S/C23H31NO3/c1-16-11-12-20(17(2)15-16)27-18(3)22(25)24-13-14-26-21-10-8-7-9-19(21)23(4,5)6/h7-12,15,18H,13-14H2,1-6H3,(H,24,25). The third-order valence-corrected chi connectivity index (χ3v) is 4.36. The summed E-state index contributed by atoms with van der Waals surface area (Å²) in [4.78, 5) is 12.3. The zero-order valence-corrected chi connectivity index (χ0v) is 17.3. The lowest BCUT2D eigenvalue weighted by Crippen LogP contribution is -2.38. The van der Waals surface area contributed by atoms with E-state index in [1.54, 1.807) is 6.92 Å². The van der Waals surface area contributed by atoms with Crippen LogP contribution in [0.15, 0.2) is 42.5 Å². The molecule has 1 unspecified atom stereocenters. The molecular formula is C23H31NO3. The summed E-state index contributed by atoms with van der Waals surface area (Å²) in [6.07, 6.45) is -0.562. The second-order valence-corrected chi connectivity index (χ2v) is 7.91. The van der Waals surface area contributed by atoms with E-state index >= 15 is 0 Å². The summed E-state index contributed by atoms with van der Waals surface area (Å²) in [6, 6.07) is 13.9. The van der Waals surface area contributed by atoms with Crippen LogP contribution in [0.2, 0.25) is 0 Å². The van der Waals surface area contributed by atoms with Crippen molar-refractivity contribution in [1.82, 2.24) is 5.32 Å². The third kappa shape index (κ3) is 6.02. The fraction of sp³-hybridized carbons (Fsp3) is 0.435. The van der Waals surface area contributed by atoms with Gasteiger partial charge in [0, 0.05) is 0 Å². The molecule has 2 aromatic rings. The van der Waals surface area contributed by atoms with E-state index in [1.807, 2.05) is 50.2 Å². The van der Waals surface area contributed by atoms with E-state index in [4.69, 9.17) is 9.47 Å². The zero-order valence-electron chi connectivity index (χ0n) is 17.3. The summed E-state index contributed by atoms with van der Waals surface area (Å²) in [5.41, 5.74) is 3.36. The minimum Gasteiger partial charge on any atom is -0.491 e. The van der Waals surface area contributed by atoms with Crippen LogP contribution in [0.5, 0.6) is 11.5 Å². The van der Waals surface area contributed by atoms with Crippen LogP contribution < -0.4 is 14.8 Å². The summed E-state index contributed by atoms with van der Waals surface area (Å²) in [7, 11) is 0. The number of benzene rings is 2. The van der Waals surface area contributed by atoms with Gasteiger partial charge in [-0.25, -0.2) is 0 Å². The van der Waals surface area contributed by atoms with E-state index < -0.39 is 6.10 Å². The molecule has 0 fully saturated rings. The van der Waals surface area contributed by atoms with Gasteiger partial charge in [-0.1, -0.05) is 56.7 Å². The van der Waals surface area contributed by atoms with Crippen LogP contribution in [-0.4, -0.2) is 25.2 Å². The average Bonchev–Trinajstić information content (AvgIpc) is 2.60. The van der Waals surface area contributed by atoms with Gasteiger partial charge in [0.15, 0.2) is 6.10 Å². The fourth-order valence-electron chi connectivity index (χ4n) is 2.87. The molecule has 0 radical (unpaired) electrons. The molecule has 0 saturated heterocycles. The van der Waals surface area contributed by atoms with E-state index in [1.165, 1.54) is 5.56 Å². The number of carbonyl (C=O) groups excluding carboxylic acids is 1. The molecule has 1 amide bonds. The third-order valence-electron chi connectivity index (χ3n) is 4.36. The van der Waals surface area contributed by atoms with Crippen molar-refractivity contribution in [3.8, 4) is 11.5 Å². The Morgan fingerprint density at radius 1 is 1.07 bits per heavy atom. The Bertz CT molecular complexity index is 777. The van der Waals surface area contributed by atoms with Crippen LogP contribution in [0.4, 0.5) is 0 Å². The Balaban J connectivity index is 1.83. The summed E-state index contributed by atoms with van der Waals surface area (Å²) in [6.45, 7) is 13.1. The lowest BCUT2D eigenvalue weighted by Gasteiger charge is -2.23. The molecule has 2 aromatic carbocycles. The van der Waals surface area contributed by atoms with Gasteiger partial charge in [-0.2, -0.15) is 0 Å². The first-order valence-electron chi connectivity index (χ1n) is 9.42. The second kappa shape index (κ2) is 8.94. The first-order chi connectivity index (χ1) is 12.7. The maximum Gasteiger partial charge on any atom is 0.260 e. The number of hydrogen-bond acceptors (Lipinski definition) is 3. The van der Waals surface area contributed by atoms with Crippen molar-refractivity contribution in [3.05, 3.63) is 59.2 Å². The number of amides is 1. The van der Waals surface area contributed by atoms with Crippen molar-refractivity contribution >= 4 is 5.91 Å². The smallest absolute Gasteiger partial charge is 0.260 e. The van der Waals surface area contributed by atoms with Crippen LogP contribution in [-0.2, 0) is 10.2 Å². The number of para-hydroxylation sites is 1. The molecule has 0 aliphatic carbocycles. The van der Waals surface area contributed by atoms with Crippen molar-refractivity contribution in [2.24, 2.45) is 0 Å². The van der Waals surface area contributed by atoms with Gasteiger partial charge in [-0.05, 0) is 49.4 Å². The van der Waals surface area contributed by atoms with E-state index in [2.05, 4.69) is 32.2 Å². The predicted molar refractivity (Wildman–Crippen MR) is 110 cm³/mol. The van der Waals surface area contributed by atoms with Gasteiger partial charge in [0.1, 0.15) is 18.1 Å².